The van der Waals surface area contributed by atoms with Crippen LogP contribution in [0.3, 0.4) is 0 Å². The summed E-state index contributed by atoms with van der Waals surface area (Å²) < 4.78 is 7.69. The molecular weight excluding hydrogens is 416 g/mol. The number of hydrogen-bond acceptors (Lipinski definition) is 6. The van der Waals surface area contributed by atoms with Crippen LogP contribution in [0.2, 0.25) is 0 Å². The van der Waals surface area contributed by atoms with Gasteiger partial charge in [-0.1, -0.05) is 30.3 Å². The number of rotatable bonds is 5. The molecule has 1 unspecified atom stereocenters. The number of nitrogens with one attached hydrogen (secondary N) is 1. The van der Waals surface area contributed by atoms with E-state index in [0.29, 0.717) is 30.1 Å². The first-order valence-electron chi connectivity index (χ1n) is 10.7. The summed E-state index contributed by atoms with van der Waals surface area (Å²) in [5, 5.41) is 17.9. The van der Waals surface area contributed by atoms with Crippen molar-refractivity contribution < 1.29 is 14.6 Å². The van der Waals surface area contributed by atoms with E-state index in [1.54, 1.807) is 12.1 Å². The van der Waals surface area contributed by atoms with Gasteiger partial charge in [0.15, 0.2) is 6.29 Å². The van der Waals surface area contributed by atoms with Crippen molar-refractivity contribution in [2.75, 3.05) is 18.9 Å². The minimum atomic E-state index is 0.147. The Balaban J connectivity index is 0.00000126. The van der Waals surface area contributed by atoms with E-state index in [-0.39, 0.29) is 11.7 Å². The number of ether oxygens (including phenoxy) is 1. The second-order valence-corrected chi connectivity index (χ2v) is 7.52. The summed E-state index contributed by atoms with van der Waals surface area (Å²) in [6, 6.07) is 24.4. The maximum atomic E-state index is 11.9. The number of aldehydes is 1. The highest BCUT2D eigenvalue weighted by molar-refractivity contribution is 5.92. The van der Waals surface area contributed by atoms with Crippen LogP contribution in [0.5, 0.6) is 17.2 Å². The number of carbonyl (C=O) groups excluding carboxylic acids is 1. The molecule has 168 valence electrons. The van der Waals surface area contributed by atoms with Gasteiger partial charge in [-0.15, -0.1) is 0 Å². The zero-order chi connectivity index (χ0) is 23.2. The minimum absolute atomic E-state index is 0.147. The summed E-state index contributed by atoms with van der Waals surface area (Å²) in [7, 11) is 1.50. The third-order valence-electron chi connectivity index (χ3n) is 5.46. The molecule has 0 saturated carbocycles. The zero-order valence-corrected chi connectivity index (χ0v) is 18.3. The van der Waals surface area contributed by atoms with Crippen LogP contribution in [0.1, 0.15) is 21.8 Å². The predicted octanol–water partition coefficient (Wildman–Crippen LogP) is 4.64. The summed E-state index contributed by atoms with van der Waals surface area (Å²) >= 11 is 0. The fourth-order valence-electron chi connectivity index (χ4n) is 3.92. The van der Waals surface area contributed by atoms with Crippen LogP contribution in [-0.2, 0) is 6.54 Å². The lowest BCUT2D eigenvalue weighted by Gasteiger charge is -2.25. The Morgan fingerprint density at radius 1 is 1.03 bits per heavy atom. The van der Waals surface area contributed by atoms with Crippen LogP contribution in [0.25, 0.3) is 11.3 Å². The van der Waals surface area contributed by atoms with E-state index in [9.17, 15) is 9.90 Å². The first-order chi connectivity index (χ1) is 16.2. The summed E-state index contributed by atoms with van der Waals surface area (Å²) in [4.78, 5) is 11.9. The van der Waals surface area contributed by atoms with Crippen molar-refractivity contribution in [2.45, 2.75) is 12.5 Å². The molecule has 0 radical (unpaired) electrons. The SMILES string of the molecule is CN.O=Cc1c(-c2ccc(Oc3ccccc3)cc2)nn2c1NCC(c1cccc(O)c1)C2. The molecular formula is C26H26N4O3. The van der Waals surface area contributed by atoms with Crippen molar-refractivity contribution in [3.05, 3.63) is 90.0 Å². The van der Waals surface area contributed by atoms with Crippen molar-refractivity contribution >= 4 is 12.1 Å². The Morgan fingerprint density at radius 3 is 2.45 bits per heavy atom. The number of aromatic nitrogens is 2. The van der Waals surface area contributed by atoms with Crippen LogP contribution >= 0.6 is 0 Å². The van der Waals surface area contributed by atoms with Gasteiger partial charge < -0.3 is 20.9 Å². The topological polar surface area (TPSA) is 102 Å². The van der Waals surface area contributed by atoms with Crippen molar-refractivity contribution in [1.82, 2.24) is 9.78 Å². The molecule has 0 bridgehead atoms. The van der Waals surface area contributed by atoms with Crippen molar-refractivity contribution in [3.63, 3.8) is 0 Å². The Bertz CT molecular complexity index is 1220. The monoisotopic (exact) mass is 442 g/mol. The Morgan fingerprint density at radius 2 is 1.76 bits per heavy atom. The molecule has 7 nitrogen and oxygen atoms in total. The number of hydrogen-bond donors (Lipinski definition) is 3. The van der Waals surface area contributed by atoms with E-state index >= 15 is 0 Å². The van der Waals surface area contributed by atoms with Gasteiger partial charge in [0, 0.05) is 18.0 Å². The quantitative estimate of drug-likeness (QED) is 0.389. The molecule has 1 aromatic heterocycles. The van der Waals surface area contributed by atoms with E-state index < -0.39 is 0 Å². The number of phenolic OH excluding ortho intramolecular Hbond substituents is 1. The minimum Gasteiger partial charge on any atom is -0.508 e. The smallest absolute Gasteiger partial charge is 0.156 e. The van der Waals surface area contributed by atoms with E-state index in [1.807, 2.05) is 71.4 Å². The number of nitrogens with zero attached hydrogens (tertiary/aromatic N) is 2. The van der Waals surface area contributed by atoms with Crippen LogP contribution < -0.4 is 15.8 Å². The van der Waals surface area contributed by atoms with Crippen molar-refractivity contribution in [1.29, 1.82) is 0 Å². The average molecular weight is 443 g/mol. The van der Waals surface area contributed by atoms with Crippen molar-refractivity contribution in [3.8, 4) is 28.5 Å². The lowest BCUT2D eigenvalue weighted by Crippen LogP contribution is -2.26. The molecule has 0 aliphatic carbocycles. The average Bonchev–Trinajstić information content (AvgIpc) is 3.24. The van der Waals surface area contributed by atoms with Gasteiger partial charge in [0.1, 0.15) is 28.8 Å². The summed E-state index contributed by atoms with van der Waals surface area (Å²) in [6.07, 6.45) is 0.851. The number of anilines is 1. The number of phenols is 1. The fourth-order valence-corrected chi connectivity index (χ4v) is 3.92. The summed E-state index contributed by atoms with van der Waals surface area (Å²) in [6.45, 7) is 1.29. The maximum Gasteiger partial charge on any atom is 0.156 e. The lowest BCUT2D eigenvalue weighted by molar-refractivity contribution is 0.112. The Hall–Kier alpha value is -4.10. The van der Waals surface area contributed by atoms with Gasteiger partial charge in [-0.25, -0.2) is 4.68 Å². The molecule has 1 aliphatic heterocycles. The highest BCUT2D eigenvalue weighted by Crippen LogP contribution is 2.34. The number of aromatic hydroxyl groups is 1. The van der Waals surface area contributed by atoms with E-state index in [1.165, 1.54) is 7.05 Å². The Kier molecular flexibility index (Phi) is 6.71. The molecule has 3 aromatic carbocycles. The second kappa shape index (κ2) is 10.0. The zero-order valence-electron chi connectivity index (χ0n) is 18.3. The molecule has 5 rings (SSSR count). The molecule has 7 heteroatoms. The molecule has 0 fully saturated rings. The molecule has 1 aliphatic rings. The second-order valence-electron chi connectivity index (χ2n) is 7.52. The molecule has 0 spiro atoms. The number of benzene rings is 3. The molecule has 0 saturated heterocycles. The molecule has 1 atom stereocenters. The Labute approximate surface area is 192 Å². The van der Waals surface area contributed by atoms with Crippen LogP contribution in [0.15, 0.2) is 78.9 Å². The molecule has 4 aromatic rings. The predicted molar refractivity (Wildman–Crippen MR) is 129 cm³/mol. The first-order valence-corrected chi connectivity index (χ1v) is 10.7. The van der Waals surface area contributed by atoms with Gasteiger partial charge in [0.05, 0.1) is 12.1 Å². The van der Waals surface area contributed by atoms with Gasteiger partial charge in [-0.3, -0.25) is 4.79 Å². The van der Waals surface area contributed by atoms with Gasteiger partial charge in [-0.2, -0.15) is 5.10 Å². The third-order valence-corrected chi connectivity index (χ3v) is 5.46. The normalized spacial score (nSPS) is 14.3. The number of carbonyl (C=O) groups is 1. The molecule has 2 heterocycles. The van der Waals surface area contributed by atoms with Gasteiger partial charge in [0.25, 0.3) is 0 Å². The van der Waals surface area contributed by atoms with E-state index in [0.717, 1.165) is 29.0 Å². The van der Waals surface area contributed by atoms with Crippen LogP contribution in [0.4, 0.5) is 5.82 Å². The highest BCUT2D eigenvalue weighted by atomic mass is 16.5. The first kappa shape index (κ1) is 22.1. The summed E-state index contributed by atoms with van der Waals surface area (Å²) in [5.41, 5.74) is 7.57. The van der Waals surface area contributed by atoms with E-state index in [4.69, 9.17) is 9.84 Å². The van der Waals surface area contributed by atoms with Gasteiger partial charge in [-0.05, 0) is 61.1 Å². The third kappa shape index (κ3) is 4.73. The number of para-hydroxylation sites is 1. The molecule has 33 heavy (non-hydrogen) atoms. The summed E-state index contributed by atoms with van der Waals surface area (Å²) in [5.74, 6) is 2.60. The fraction of sp³-hybridized carbons (Fsp3) is 0.154. The standard InChI is InChI=1S/C25H21N3O3.CH5N/c29-16-23-24(17-9-11-22(12-10-17)31-21-7-2-1-3-8-21)27-28-15-19(14-26-25(23)28)18-5-4-6-20(30)13-18;1-2/h1-13,16,19,26,30H,14-15H2;2H2,1H3. The van der Waals surface area contributed by atoms with Crippen LogP contribution in [-0.4, -0.2) is 34.8 Å². The van der Waals surface area contributed by atoms with Gasteiger partial charge >= 0.3 is 0 Å². The van der Waals surface area contributed by atoms with Crippen LogP contribution in [0, 0.1) is 0 Å². The largest absolute Gasteiger partial charge is 0.508 e. The number of nitrogens with two attached hydrogens (primary N) is 1. The maximum absolute atomic E-state index is 11.9. The highest BCUT2D eigenvalue weighted by Gasteiger charge is 2.26. The van der Waals surface area contributed by atoms with Gasteiger partial charge in [0.2, 0.25) is 0 Å². The van der Waals surface area contributed by atoms with E-state index in [2.05, 4.69) is 11.1 Å². The lowest BCUT2D eigenvalue weighted by atomic mass is 9.97. The van der Waals surface area contributed by atoms with Crippen molar-refractivity contribution in [2.24, 2.45) is 5.73 Å². The number of fused-ring (bicyclic) bond motifs is 1. The molecule has 4 N–H and O–H groups in total. The molecule has 0 amide bonds.